The molecule has 2 saturated heterocycles. The number of anilines is 2. The van der Waals surface area contributed by atoms with Crippen LogP contribution < -0.4 is 19.9 Å². The van der Waals surface area contributed by atoms with Crippen LogP contribution in [0.4, 0.5) is 11.5 Å². The van der Waals surface area contributed by atoms with Gasteiger partial charge in [-0.3, -0.25) is 0 Å². The summed E-state index contributed by atoms with van der Waals surface area (Å²) in [5.41, 5.74) is 4.23. The van der Waals surface area contributed by atoms with Crippen LogP contribution in [0.3, 0.4) is 0 Å². The molecule has 3 aliphatic heterocycles. The minimum atomic E-state index is 0.174. The van der Waals surface area contributed by atoms with Crippen molar-refractivity contribution in [2.45, 2.75) is 43.8 Å². The van der Waals surface area contributed by atoms with Gasteiger partial charge in [-0.15, -0.1) is 10.2 Å². The number of hydrogen-bond acceptors (Lipinski definition) is 8. The van der Waals surface area contributed by atoms with Gasteiger partial charge in [0.2, 0.25) is 5.88 Å². The summed E-state index contributed by atoms with van der Waals surface area (Å²) in [6.07, 6.45) is 6.61. The van der Waals surface area contributed by atoms with Crippen LogP contribution in [-0.4, -0.2) is 65.7 Å². The molecule has 0 spiro atoms. The number of methoxy groups -OCH3 is 1. The van der Waals surface area contributed by atoms with Gasteiger partial charge >= 0.3 is 0 Å². The summed E-state index contributed by atoms with van der Waals surface area (Å²) in [5, 5.41) is 23.9. The zero-order valence-electron chi connectivity index (χ0n) is 19.6. The van der Waals surface area contributed by atoms with E-state index in [4.69, 9.17) is 9.84 Å². The number of pyridine rings is 1. The van der Waals surface area contributed by atoms with Gasteiger partial charge < -0.3 is 25.0 Å². The van der Waals surface area contributed by atoms with Crippen LogP contribution in [-0.2, 0) is 0 Å². The van der Waals surface area contributed by atoms with Gasteiger partial charge in [-0.2, -0.15) is 0 Å². The van der Waals surface area contributed by atoms with E-state index in [0.29, 0.717) is 35.3 Å². The number of nitrogens with one attached hydrogen (secondary N) is 1. The summed E-state index contributed by atoms with van der Waals surface area (Å²) in [4.78, 5) is 8.87. The molecule has 2 N–H and O–H groups in total. The fraction of sp³-hybridized carbons (Fsp3) is 0.423. The molecule has 3 aliphatic rings. The lowest BCUT2D eigenvalue weighted by Gasteiger charge is -2.43. The maximum absolute atomic E-state index is 10.9. The fourth-order valence-corrected chi connectivity index (χ4v) is 5.74. The van der Waals surface area contributed by atoms with E-state index in [1.165, 1.54) is 25.7 Å². The van der Waals surface area contributed by atoms with Crippen molar-refractivity contribution in [1.29, 1.82) is 0 Å². The molecule has 5 heterocycles. The molecule has 6 rings (SSSR count). The summed E-state index contributed by atoms with van der Waals surface area (Å²) in [7, 11) is 3.70. The molecule has 8 heteroatoms. The van der Waals surface area contributed by atoms with Crippen LogP contribution in [0, 0.1) is 0 Å². The number of nitrogens with zero attached hydrogens (tertiary/aromatic N) is 5. The number of aromatic hydroxyl groups is 1. The second kappa shape index (κ2) is 8.43. The number of rotatable bonds is 4. The van der Waals surface area contributed by atoms with Crippen LogP contribution in [0.2, 0.25) is 0 Å². The maximum Gasteiger partial charge on any atom is 0.213 e. The minimum Gasteiger partial charge on any atom is -0.507 e. The van der Waals surface area contributed by atoms with Crippen LogP contribution in [0.5, 0.6) is 11.6 Å². The first-order chi connectivity index (χ1) is 16.6. The monoisotopic (exact) mass is 458 g/mol. The van der Waals surface area contributed by atoms with Crippen molar-refractivity contribution in [3.05, 3.63) is 42.6 Å². The van der Waals surface area contributed by atoms with Gasteiger partial charge in [0, 0.05) is 56.1 Å². The van der Waals surface area contributed by atoms with E-state index in [1.54, 1.807) is 19.4 Å². The summed E-state index contributed by atoms with van der Waals surface area (Å²) in [6.45, 7) is 1.92. The molecule has 2 fully saturated rings. The Morgan fingerprint density at radius 3 is 2.56 bits per heavy atom. The number of phenols is 1. The van der Waals surface area contributed by atoms with Crippen molar-refractivity contribution in [2.24, 2.45) is 0 Å². The van der Waals surface area contributed by atoms with E-state index < -0.39 is 0 Å². The zero-order chi connectivity index (χ0) is 23.2. The van der Waals surface area contributed by atoms with Gasteiger partial charge in [0.1, 0.15) is 5.75 Å². The molecule has 176 valence electrons. The van der Waals surface area contributed by atoms with Crippen molar-refractivity contribution in [3.63, 3.8) is 0 Å². The van der Waals surface area contributed by atoms with Gasteiger partial charge in [-0.05, 0) is 61.1 Å². The predicted octanol–water partition coefficient (Wildman–Crippen LogP) is 3.46. The molecular weight excluding hydrogens is 428 g/mol. The van der Waals surface area contributed by atoms with Crippen molar-refractivity contribution in [2.75, 3.05) is 37.0 Å². The third-order valence-electron chi connectivity index (χ3n) is 7.55. The smallest absolute Gasteiger partial charge is 0.213 e. The normalized spacial score (nSPS) is 23.6. The first-order valence-corrected chi connectivity index (χ1v) is 12.0. The number of ether oxygens (including phenoxy) is 1. The SMILES string of the molecule is COc1cc(-c2ccc(-c3cc4c(nn3)N(C3C[C@H]5CC[C@@H](C3)N5)CCN4C)c(O)c2)ccn1. The summed E-state index contributed by atoms with van der Waals surface area (Å²) in [6, 6.07) is 13.2. The van der Waals surface area contributed by atoms with Crippen molar-refractivity contribution >= 4 is 11.5 Å². The molecule has 3 aromatic rings. The Bertz CT molecular complexity index is 1210. The van der Waals surface area contributed by atoms with Crippen LogP contribution in [0.15, 0.2) is 42.6 Å². The lowest BCUT2D eigenvalue weighted by Crippen LogP contribution is -2.52. The summed E-state index contributed by atoms with van der Waals surface area (Å²) < 4.78 is 5.23. The van der Waals surface area contributed by atoms with E-state index >= 15 is 0 Å². The first kappa shape index (κ1) is 21.2. The number of hydrogen-bond donors (Lipinski definition) is 2. The molecule has 8 nitrogen and oxygen atoms in total. The molecule has 2 bridgehead atoms. The Labute approximate surface area is 199 Å². The maximum atomic E-state index is 10.9. The van der Waals surface area contributed by atoms with Crippen molar-refractivity contribution in [1.82, 2.24) is 20.5 Å². The third kappa shape index (κ3) is 3.72. The number of aromatic nitrogens is 3. The van der Waals surface area contributed by atoms with Crippen LogP contribution in [0.25, 0.3) is 22.4 Å². The second-order valence-electron chi connectivity index (χ2n) is 9.64. The van der Waals surface area contributed by atoms with Gasteiger partial charge in [0.05, 0.1) is 18.5 Å². The minimum absolute atomic E-state index is 0.174. The average molecular weight is 459 g/mol. The number of phenolic OH excluding ortho intramolecular Hbond substituents is 1. The number of fused-ring (bicyclic) bond motifs is 3. The standard InChI is InChI=1S/C26H30N6O2/c1-31-9-10-32(20-13-18-4-5-19(14-20)28-18)26-23(31)15-22(29-30-26)21-6-3-16(11-24(21)33)17-7-8-27-25(12-17)34-2/h3,6-8,11-12,15,18-20,28,33H,4-5,9-10,13-14H2,1-2H3/t18-,19+,20?. The topological polar surface area (TPSA) is 86.6 Å². The molecular formula is C26H30N6O2. The largest absolute Gasteiger partial charge is 0.507 e. The number of likely N-dealkylation sites (N-methyl/N-ethyl adjacent to an activating group) is 1. The van der Waals surface area contributed by atoms with Gasteiger partial charge in [0.15, 0.2) is 5.82 Å². The molecule has 1 aromatic carbocycles. The molecule has 0 aliphatic carbocycles. The van der Waals surface area contributed by atoms with Gasteiger partial charge in [-0.25, -0.2) is 4.98 Å². The lowest BCUT2D eigenvalue weighted by molar-refractivity contribution is 0.344. The Morgan fingerprint density at radius 1 is 1.00 bits per heavy atom. The molecule has 0 amide bonds. The van der Waals surface area contributed by atoms with E-state index in [1.807, 2.05) is 24.3 Å². The highest BCUT2D eigenvalue weighted by Gasteiger charge is 2.38. The number of piperidine rings is 1. The van der Waals surface area contributed by atoms with Crippen LogP contribution >= 0.6 is 0 Å². The van der Waals surface area contributed by atoms with Crippen LogP contribution in [0.1, 0.15) is 25.7 Å². The lowest BCUT2D eigenvalue weighted by atomic mass is 9.97. The molecule has 2 aromatic heterocycles. The Hall–Kier alpha value is -3.39. The Balaban J connectivity index is 1.31. The Morgan fingerprint density at radius 2 is 1.79 bits per heavy atom. The average Bonchev–Trinajstić information content (AvgIpc) is 3.21. The predicted molar refractivity (Wildman–Crippen MR) is 132 cm³/mol. The fourth-order valence-electron chi connectivity index (χ4n) is 5.74. The van der Waals surface area contributed by atoms with E-state index in [-0.39, 0.29) is 5.75 Å². The summed E-state index contributed by atoms with van der Waals surface area (Å²) in [5.74, 6) is 1.67. The van der Waals surface area contributed by atoms with E-state index in [2.05, 4.69) is 38.3 Å². The zero-order valence-corrected chi connectivity index (χ0v) is 19.6. The first-order valence-electron chi connectivity index (χ1n) is 12.0. The quantitative estimate of drug-likeness (QED) is 0.615. The molecule has 3 atom stereocenters. The van der Waals surface area contributed by atoms with E-state index in [0.717, 1.165) is 35.7 Å². The molecule has 34 heavy (non-hydrogen) atoms. The second-order valence-corrected chi connectivity index (χ2v) is 9.64. The van der Waals surface area contributed by atoms with Crippen molar-refractivity contribution < 1.29 is 9.84 Å². The van der Waals surface area contributed by atoms with Gasteiger partial charge in [-0.1, -0.05) is 6.07 Å². The Kier molecular flexibility index (Phi) is 5.25. The highest BCUT2D eigenvalue weighted by atomic mass is 16.5. The summed E-state index contributed by atoms with van der Waals surface area (Å²) >= 11 is 0. The van der Waals surface area contributed by atoms with Crippen molar-refractivity contribution in [3.8, 4) is 34.0 Å². The molecule has 1 unspecified atom stereocenters. The molecule has 0 saturated carbocycles. The highest BCUT2D eigenvalue weighted by Crippen LogP contribution is 2.40. The third-order valence-corrected chi connectivity index (χ3v) is 7.55. The molecule has 0 radical (unpaired) electrons. The number of benzene rings is 1. The highest BCUT2D eigenvalue weighted by molar-refractivity contribution is 5.79. The van der Waals surface area contributed by atoms with E-state index in [9.17, 15) is 5.11 Å². The van der Waals surface area contributed by atoms with Gasteiger partial charge in [0.25, 0.3) is 0 Å².